The molecule has 8 heteroatoms. The average Bonchev–Trinajstić information content (AvgIpc) is 2.36. The first-order valence-electron chi connectivity index (χ1n) is 5.92. The summed E-state index contributed by atoms with van der Waals surface area (Å²) in [6.07, 6.45) is -3.78. The van der Waals surface area contributed by atoms with E-state index in [1.165, 1.54) is 6.07 Å². The molecule has 2 rings (SSSR count). The zero-order valence-electron chi connectivity index (χ0n) is 11.2. The van der Waals surface area contributed by atoms with Crippen molar-refractivity contribution in [3.63, 3.8) is 0 Å². The molecule has 0 fully saturated rings. The summed E-state index contributed by atoms with van der Waals surface area (Å²) in [6.45, 7) is 0. The Kier molecular flexibility index (Phi) is 4.79. The topological polar surface area (TPSA) is 34.1 Å². The molecule has 0 aliphatic rings. The van der Waals surface area contributed by atoms with E-state index in [1.807, 2.05) is 0 Å². The summed E-state index contributed by atoms with van der Waals surface area (Å²) in [5, 5.41) is 0.409. The minimum absolute atomic E-state index is 0.0813. The van der Waals surface area contributed by atoms with E-state index in [-0.39, 0.29) is 9.79 Å². The molecule has 0 bridgehead atoms. The lowest BCUT2D eigenvalue weighted by Gasteiger charge is -2.14. The molecule has 118 valence electrons. The highest BCUT2D eigenvalue weighted by Gasteiger charge is 2.34. The number of halogens is 4. The molecule has 0 aliphatic heterocycles. The number of hydrogen-bond acceptors (Lipinski definition) is 3. The van der Waals surface area contributed by atoms with Crippen molar-refractivity contribution in [2.24, 2.45) is 0 Å². The number of hydrogen-bond donors (Lipinski definition) is 0. The molecule has 0 heterocycles. The lowest BCUT2D eigenvalue weighted by molar-refractivity contribution is -0.139. The van der Waals surface area contributed by atoms with Crippen molar-refractivity contribution in [3.05, 3.63) is 53.1 Å². The maximum Gasteiger partial charge on any atom is 0.417 e. The monoisotopic (exact) mass is 366 g/mol. The first kappa shape index (κ1) is 17.2. The van der Waals surface area contributed by atoms with Gasteiger partial charge >= 0.3 is 6.18 Å². The smallest absolute Gasteiger partial charge is 0.224 e. The third-order valence-corrected chi connectivity index (χ3v) is 5.12. The molecule has 0 aromatic heterocycles. The molecule has 0 unspecified atom stereocenters. The quantitative estimate of drug-likeness (QED) is 0.773. The van der Waals surface area contributed by atoms with Crippen LogP contribution in [0, 0.1) is 0 Å². The molecule has 2 nitrogen and oxygen atoms in total. The van der Waals surface area contributed by atoms with E-state index in [9.17, 15) is 21.6 Å². The van der Waals surface area contributed by atoms with Crippen molar-refractivity contribution in [2.45, 2.75) is 20.9 Å². The van der Waals surface area contributed by atoms with Crippen LogP contribution in [0.3, 0.4) is 0 Å². The van der Waals surface area contributed by atoms with E-state index in [2.05, 4.69) is 0 Å². The summed E-state index contributed by atoms with van der Waals surface area (Å²) in [4.78, 5) is 0.0857. The first-order valence-corrected chi connectivity index (χ1v) is 9.01. The fourth-order valence-corrected chi connectivity index (χ4v) is 3.62. The zero-order valence-corrected chi connectivity index (χ0v) is 13.6. The van der Waals surface area contributed by atoms with Crippen molar-refractivity contribution in [1.82, 2.24) is 0 Å². The Morgan fingerprint density at radius 2 is 1.77 bits per heavy atom. The summed E-state index contributed by atoms with van der Waals surface area (Å²) < 4.78 is 62.4. The van der Waals surface area contributed by atoms with Crippen LogP contribution in [0.15, 0.2) is 57.2 Å². The maximum absolute atomic E-state index is 13.2. The predicted molar refractivity (Wildman–Crippen MR) is 80.1 cm³/mol. The standard InChI is InChI=1S/C14H10ClF3O2S2/c1-22(19,20)11-5-6-13(12(8-11)14(16,17)18)21-10-4-2-3-9(15)7-10/h2-8H,1H3. The van der Waals surface area contributed by atoms with E-state index in [4.69, 9.17) is 11.6 Å². The second-order valence-corrected chi connectivity index (χ2v) is 8.05. The molecular formula is C14H10ClF3O2S2. The van der Waals surface area contributed by atoms with Gasteiger partial charge in [-0.3, -0.25) is 0 Å². The van der Waals surface area contributed by atoms with Crippen LogP contribution in [0.4, 0.5) is 13.2 Å². The van der Waals surface area contributed by atoms with Crippen molar-refractivity contribution < 1.29 is 21.6 Å². The minimum Gasteiger partial charge on any atom is -0.224 e. The number of rotatable bonds is 3. The van der Waals surface area contributed by atoms with Crippen LogP contribution in [0.5, 0.6) is 0 Å². The highest BCUT2D eigenvalue weighted by atomic mass is 35.5. The van der Waals surface area contributed by atoms with Gasteiger partial charge in [0.25, 0.3) is 0 Å². The van der Waals surface area contributed by atoms with Gasteiger partial charge in [0.05, 0.1) is 10.5 Å². The van der Waals surface area contributed by atoms with E-state index in [0.29, 0.717) is 16.0 Å². The molecule has 2 aromatic carbocycles. The molecule has 0 aliphatic carbocycles. The van der Waals surface area contributed by atoms with Crippen LogP contribution in [0.2, 0.25) is 5.02 Å². The largest absolute Gasteiger partial charge is 0.417 e. The van der Waals surface area contributed by atoms with Gasteiger partial charge in [0.1, 0.15) is 0 Å². The summed E-state index contributed by atoms with van der Waals surface area (Å²) >= 11 is 6.69. The first-order chi connectivity index (χ1) is 10.1. The van der Waals surface area contributed by atoms with Gasteiger partial charge in [0, 0.05) is 21.1 Å². The van der Waals surface area contributed by atoms with Crippen LogP contribution in [-0.2, 0) is 16.0 Å². The molecule has 0 amide bonds. The van der Waals surface area contributed by atoms with E-state index in [0.717, 1.165) is 30.2 Å². The third-order valence-electron chi connectivity index (χ3n) is 2.71. The minimum atomic E-state index is -4.65. The predicted octanol–water partition coefficient (Wildman–Crippen LogP) is 4.91. The van der Waals surface area contributed by atoms with Gasteiger partial charge in [-0.1, -0.05) is 29.4 Å². The Balaban J connectivity index is 2.51. The summed E-state index contributed by atoms with van der Waals surface area (Å²) in [5.74, 6) is 0. The van der Waals surface area contributed by atoms with Crippen LogP contribution >= 0.6 is 23.4 Å². The maximum atomic E-state index is 13.2. The Morgan fingerprint density at radius 3 is 2.32 bits per heavy atom. The Bertz CT molecular complexity index is 802. The van der Waals surface area contributed by atoms with E-state index >= 15 is 0 Å². The number of sulfone groups is 1. The summed E-state index contributed by atoms with van der Waals surface area (Å²) in [7, 11) is -3.71. The molecule has 0 saturated heterocycles. The SMILES string of the molecule is CS(=O)(=O)c1ccc(Sc2cccc(Cl)c2)c(C(F)(F)F)c1. The molecule has 0 saturated carbocycles. The van der Waals surface area contributed by atoms with Gasteiger partial charge < -0.3 is 0 Å². The Morgan fingerprint density at radius 1 is 1.09 bits per heavy atom. The van der Waals surface area contributed by atoms with Crippen molar-refractivity contribution >= 4 is 33.2 Å². The number of benzene rings is 2. The Hall–Kier alpha value is -1.18. The zero-order chi connectivity index (χ0) is 16.5. The molecule has 0 atom stereocenters. The summed E-state index contributed by atoms with van der Waals surface area (Å²) in [5.41, 5.74) is -0.986. The third kappa shape index (κ3) is 4.18. The van der Waals surface area contributed by atoms with Gasteiger partial charge in [-0.05, 0) is 36.4 Å². The van der Waals surface area contributed by atoms with Crippen molar-refractivity contribution in [2.75, 3.05) is 6.26 Å². The van der Waals surface area contributed by atoms with Gasteiger partial charge in [0.15, 0.2) is 9.84 Å². The number of alkyl halides is 3. The normalized spacial score (nSPS) is 12.4. The summed E-state index contributed by atoms with van der Waals surface area (Å²) in [6, 6.07) is 9.38. The van der Waals surface area contributed by atoms with Gasteiger partial charge in [0.2, 0.25) is 0 Å². The molecule has 0 spiro atoms. The van der Waals surface area contributed by atoms with Gasteiger partial charge in [-0.2, -0.15) is 13.2 Å². The Labute approximate surface area is 135 Å². The molecule has 22 heavy (non-hydrogen) atoms. The van der Waals surface area contributed by atoms with E-state index in [1.54, 1.807) is 18.2 Å². The average molecular weight is 367 g/mol. The van der Waals surface area contributed by atoms with E-state index < -0.39 is 21.6 Å². The van der Waals surface area contributed by atoms with Crippen LogP contribution in [0.1, 0.15) is 5.56 Å². The fourth-order valence-electron chi connectivity index (χ4n) is 1.71. The van der Waals surface area contributed by atoms with Gasteiger partial charge in [-0.15, -0.1) is 0 Å². The second-order valence-electron chi connectivity index (χ2n) is 4.49. The van der Waals surface area contributed by atoms with Crippen molar-refractivity contribution in [1.29, 1.82) is 0 Å². The fraction of sp³-hybridized carbons (Fsp3) is 0.143. The second kappa shape index (κ2) is 6.14. The van der Waals surface area contributed by atoms with Gasteiger partial charge in [-0.25, -0.2) is 8.42 Å². The van der Waals surface area contributed by atoms with Crippen molar-refractivity contribution in [3.8, 4) is 0 Å². The highest BCUT2D eigenvalue weighted by molar-refractivity contribution is 7.99. The molecular weight excluding hydrogens is 357 g/mol. The molecule has 0 radical (unpaired) electrons. The highest BCUT2D eigenvalue weighted by Crippen LogP contribution is 2.40. The lowest BCUT2D eigenvalue weighted by atomic mass is 10.2. The molecule has 2 aromatic rings. The van der Waals surface area contributed by atoms with Crippen LogP contribution in [0.25, 0.3) is 0 Å². The molecule has 0 N–H and O–H groups in total. The van der Waals surface area contributed by atoms with Crippen LogP contribution in [-0.4, -0.2) is 14.7 Å². The lowest BCUT2D eigenvalue weighted by Crippen LogP contribution is -2.09. The van der Waals surface area contributed by atoms with Crippen LogP contribution < -0.4 is 0 Å².